The van der Waals surface area contributed by atoms with Crippen molar-refractivity contribution < 1.29 is 75.0 Å². The molecule has 0 fully saturated rings. The van der Waals surface area contributed by atoms with Gasteiger partial charge in [0.15, 0.2) is 11.1 Å². The summed E-state index contributed by atoms with van der Waals surface area (Å²) in [6.45, 7) is 3.21. The van der Waals surface area contributed by atoms with E-state index in [-0.39, 0.29) is 37.5 Å². The lowest BCUT2D eigenvalue weighted by atomic mass is 9.99. The molecule has 376 valence electrons. The second-order valence-corrected chi connectivity index (χ2v) is 15.2. The van der Waals surface area contributed by atoms with E-state index in [4.69, 9.17) is 9.90 Å². The number of aromatic nitrogens is 4. The molecule has 9 N–H and O–H groups in total. The molecule has 0 saturated heterocycles. The van der Waals surface area contributed by atoms with Crippen LogP contribution in [0, 0.1) is 0 Å². The number of alkyl halides is 8. The van der Waals surface area contributed by atoms with Gasteiger partial charge < -0.3 is 55.3 Å². The summed E-state index contributed by atoms with van der Waals surface area (Å²) in [6.07, 6.45) is -8.84. The molecule has 0 spiro atoms. The number of nitrogens with one attached hydrogen (secondary N) is 4. The molecule has 16 nitrogen and oxygen atoms in total. The molecule has 25 heteroatoms. The maximum absolute atomic E-state index is 12.8. The highest BCUT2D eigenvalue weighted by atomic mass is 35.5. The Morgan fingerprint density at radius 3 is 1.33 bits per heavy atom. The van der Waals surface area contributed by atoms with Crippen LogP contribution in [0.1, 0.15) is 64.0 Å². The fourth-order valence-corrected chi connectivity index (χ4v) is 7.07. The number of hydrogen-bond acceptors (Lipinski definition) is 9. The van der Waals surface area contributed by atoms with Crippen LogP contribution in [-0.4, -0.2) is 100 Å². The van der Waals surface area contributed by atoms with Crippen molar-refractivity contribution in [3.8, 4) is 34.0 Å². The Kier molecular flexibility index (Phi) is 18.7. The van der Waals surface area contributed by atoms with E-state index < -0.39 is 89.4 Å². The van der Waals surface area contributed by atoms with Crippen molar-refractivity contribution in [2.24, 2.45) is 14.1 Å². The highest BCUT2D eigenvalue weighted by Gasteiger charge is 2.38. The van der Waals surface area contributed by atoms with E-state index in [9.17, 15) is 74.7 Å². The van der Waals surface area contributed by atoms with Crippen LogP contribution in [0.3, 0.4) is 0 Å². The van der Waals surface area contributed by atoms with E-state index in [1.807, 2.05) is 29.8 Å². The third kappa shape index (κ3) is 12.8. The molecule has 0 aliphatic carbocycles. The zero-order chi connectivity index (χ0) is 51.2. The molecule has 4 heterocycles. The van der Waals surface area contributed by atoms with Crippen LogP contribution in [-0.2, 0) is 44.8 Å². The van der Waals surface area contributed by atoms with E-state index in [1.54, 1.807) is 55.8 Å². The largest absolute Gasteiger partial charge is 0.506 e. The summed E-state index contributed by atoms with van der Waals surface area (Å²) in [5.41, 5.74) is 2.33. The van der Waals surface area contributed by atoms with Gasteiger partial charge in [-0.25, -0.2) is 23.2 Å². The topological polar surface area (TPSA) is 252 Å². The van der Waals surface area contributed by atoms with Gasteiger partial charge in [0.25, 0.3) is 11.1 Å². The maximum atomic E-state index is 12.8. The molecule has 6 aromatic rings. The second-order valence-electron chi connectivity index (χ2n) is 15.2. The summed E-state index contributed by atoms with van der Waals surface area (Å²) >= 11 is 0. The molecule has 0 aliphatic heterocycles. The minimum Gasteiger partial charge on any atom is -0.506 e. The molecule has 0 radical (unpaired) electrons. The number of carbonyl (C=O) groups is 3. The lowest BCUT2D eigenvalue weighted by Gasteiger charge is -2.17. The SMILES string of the molecule is CCc1c(-c2ccc3c(c2)cc(CNC(CF)CF)n3C)[nH]c(=O)c(C(=O)O)c1O.CCc1c(-c2ccc3c(c2)cc(CN[C@@H](C)C(F)(F)F)n3C)[nH]c(=O)c(C(=O)O)c1O.Cl.O=C(O)C(F)(F)F. The van der Waals surface area contributed by atoms with Gasteiger partial charge in [-0.05, 0) is 67.3 Å². The molecule has 2 aromatic carbocycles. The third-order valence-electron chi connectivity index (χ3n) is 10.8. The number of H-pyrrole nitrogens is 2. The number of carboxylic acids is 3. The molecule has 4 aromatic heterocycles. The number of hydrogen-bond donors (Lipinski definition) is 9. The number of pyridine rings is 2. The van der Waals surface area contributed by atoms with Crippen molar-refractivity contribution in [1.29, 1.82) is 0 Å². The summed E-state index contributed by atoms with van der Waals surface area (Å²) in [4.78, 5) is 61.0. The normalized spacial score (nSPS) is 12.0. The number of rotatable bonds is 14. The first kappa shape index (κ1) is 56.4. The van der Waals surface area contributed by atoms with Gasteiger partial charge in [0.1, 0.15) is 30.9 Å². The van der Waals surface area contributed by atoms with Gasteiger partial charge in [-0.1, -0.05) is 26.0 Å². The van der Waals surface area contributed by atoms with Crippen LogP contribution in [0.15, 0.2) is 58.1 Å². The summed E-state index contributed by atoms with van der Waals surface area (Å²) in [5, 5.41) is 53.0. The van der Waals surface area contributed by atoms with Crippen molar-refractivity contribution >= 4 is 52.1 Å². The lowest BCUT2D eigenvalue weighted by Crippen LogP contribution is -2.39. The number of aliphatic carboxylic acids is 1. The molecule has 69 heavy (non-hydrogen) atoms. The summed E-state index contributed by atoms with van der Waals surface area (Å²) < 4.78 is 99.1. The average Bonchev–Trinajstić information content (AvgIpc) is 3.75. The molecule has 0 aliphatic rings. The second kappa shape index (κ2) is 22.9. The van der Waals surface area contributed by atoms with Crippen molar-refractivity contribution in [1.82, 2.24) is 29.7 Å². The van der Waals surface area contributed by atoms with Gasteiger partial charge in [-0.3, -0.25) is 9.59 Å². The molecule has 0 bridgehead atoms. The van der Waals surface area contributed by atoms with Gasteiger partial charge in [-0.2, -0.15) is 26.3 Å². The molecule has 0 unspecified atom stereocenters. The summed E-state index contributed by atoms with van der Waals surface area (Å²) in [7, 11) is 3.58. The van der Waals surface area contributed by atoms with Gasteiger partial charge in [-0.15, -0.1) is 12.4 Å². The molecule has 0 amide bonds. The van der Waals surface area contributed by atoms with Gasteiger partial charge in [0.05, 0.1) is 17.4 Å². The number of aromatic hydroxyl groups is 2. The van der Waals surface area contributed by atoms with Gasteiger partial charge in [0, 0.05) is 71.5 Å². The van der Waals surface area contributed by atoms with E-state index >= 15 is 0 Å². The number of fused-ring (bicyclic) bond motifs is 2. The van der Waals surface area contributed by atoms with Crippen LogP contribution in [0.4, 0.5) is 35.1 Å². The Bertz CT molecular complexity index is 2960. The lowest BCUT2D eigenvalue weighted by molar-refractivity contribution is -0.192. The molecular weight excluding hydrogens is 960 g/mol. The molecular formula is C44H47ClF8N6O10. The Morgan fingerprint density at radius 2 is 1.03 bits per heavy atom. The van der Waals surface area contributed by atoms with Crippen LogP contribution in [0.25, 0.3) is 44.3 Å². The van der Waals surface area contributed by atoms with E-state index in [1.165, 1.54) is 0 Å². The zero-order valence-corrected chi connectivity index (χ0v) is 37.9. The Hall–Kier alpha value is -6.92. The Morgan fingerprint density at radius 1 is 0.667 bits per heavy atom. The van der Waals surface area contributed by atoms with Crippen molar-refractivity contribution in [2.45, 2.75) is 71.1 Å². The van der Waals surface area contributed by atoms with Crippen LogP contribution in [0.2, 0.25) is 0 Å². The fourth-order valence-electron chi connectivity index (χ4n) is 7.07. The minimum absolute atomic E-state index is 0. The van der Waals surface area contributed by atoms with Crippen LogP contribution < -0.4 is 21.8 Å². The van der Waals surface area contributed by atoms with Crippen LogP contribution in [0.5, 0.6) is 11.5 Å². The Balaban J connectivity index is 0.000000317. The van der Waals surface area contributed by atoms with Crippen molar-refractivity contribution in [2.75, 3.05) is 13.3 Å². The van der Waals surface area contributed by atoms with Crippen LogP contribution >= 0.6 is 12.4 Å². The molecule has 0 saturated carbocycles. The summed E-state index contributed by atoms with van der Waals surface area (Å²) in [6, 6.07) is 11.7. The number of nitrogens with zero attached hydrogens (tertiary/aromatic N) is 2. The predicted octanol–water partition coefficient (Wildman–Crippen LogP) is 7.49. The maximum Gasteiger partial charge on any atom is 0.490 e. The number of aromatic carboxylic acids is 2. The quantitative estimate of drug-likeness (QED) is 0.0482. The predicted molar refractivity (Wildman–Crippen MR) is 240 cm³/mol. The number of aromatic amines is 2. The molecule has 1 atom stereocenters. The average molecular weight is 1010 g/mol. The number of aryl methyl sites for hydroxylation is 2. The highest BCUT2D eigenvalue weighted by molar-refractivity contribution is 5.94. The number of benzene rings is 2. The monoisotopic (exact) mass is 1010 g/mol. The fraction of sp³-hybridized carbons (Fsp3) is 0.341. The van der Waals surface area contributed by atoms with Crippen molar-refractivity contribution in [3.63, 3.8) is 0 Å². The van der Waals surface area contributed by atoms with Crippen molar-refractivity contribution in [3.05, 3.63) is 103 Å². The number of halogens is 9. The van der Waals surface area contributed by atoms with Gasteiger partial charge in [0.2, 0.25) is 0 Å². The van der Waals surface area contributed by atoms with E-state index in [0.717, 1.165) is 34.4 Å². The smallest absolute Gasteiger partial charge is 0.490 e. The first-order valence-electron chi connectivity index (χ1n) is 20.3. The Labute approximate surface area is 391 Å². The zero-order valence-electron chi connectivity index (χ0n) is 37.1. The number of carboxylic acid groups (broad SMARTS) is 3. The highest BCUT2D eigenvalue weighted by Crippen LogP contribution is 2.34. The van der Waals surface area contributed by atoms with E-state index in [2.05, 4.69) is 20.6 Å². The van der Waals surface area contributed by atoms with Gasteiger partial charge >= 0.3 is 30.3 Å². The first-order valence-corrected chi connectivity index (χ1v) is 20.3. The summed E-state index contributed by atoms with van der Waals surface area (Å²) in [5.74, 6) is -6.89. The standard InChI is InChI=1S/C21H22F3N3O4.C21H23F2N3O4.C2HF3O2.ClH/c1-4-14-17(26-19(29)16(18(14)28)20(30)31)11-5-6-15-12(7-11)8-13(27(15)3)9-25-10(2)21(22,23)24;1-3-15-18(25-20(28)17(19(15)27)21(29)30)11-4-5-16-12(6-11)7-14(26(16)2)10-24-13(8-22)9-23;3-2(4,5)1(6)7;/h5-8,10,25H,4,9H2,1-3H3,(H,30,31)(H2,26,28,29);4-7,13,24H,3,8-10H2,1-2H3,(H,29,30)(H2,25,27,28);(H,6,7);1H/t10-;;;/m0.../s1. The third-order valence-corrected chi connectivity index (χ3v) is 10.8. The molecule has 6 rings (SSSR count). The first-order chi connectivity index (χ1) is 31.7. The minimum atomic E-state index is -5.08. The van der Waals surface area contributed by atoms with E-state index in [0.29, 0.717) is 40.2 Å².